The van der Waals surface area contributed by atoms with Crippen LogP contribution in [0.25, 0.3) is 10.9 Å². The predicted molar refractivity (Wildman–Crippen MR) is 73.8 cm³/mol. The van der Waals surface area contributed by atoms with Gasteiger partial charge in [-0.25, -0.2) is 0 Å². The Labute approximate surface area is 112 Å². The smallest absolute Gasteiger partial charge is 0.307 e. The minimum Gasteiger partial charge on any atom is -0.469 e. The second-order valence-corrected chi connectivity index (χ2v) is 4.10. The molecule has 2 rings (SSSR count). The van der Waals surface area contributed by atoms with Crippen molar-refractivity contribution in [2.24, 2.45) is 5.73 Å². The Hall–Kier alpha value is -1.52. The second-order valence-electron chi connectivity index (χ2n) is 4.10. The lowest BCUT2D eigenvalue weighted by molar-refractivity contribution is -0.141. The van der Waals surface area contributed by atoms with E-state index in [1.165, 1.54) is 7.11 Å². The summed E-state index contributed by atoms with van der Waals surface area (Å²) in [5.74, 6) is -0.290. The van der Waals surface area contributed by atoms with Crippen LogP contribution in [0.5, 0.6) is 0 Å². The summed E-state index contributed by atoms with van der Waals surface area (Å²) in [6.07, 6.45) is 0.194. The van der Waals surface area contributed by atoms with Crippen molar-refractivity contribution in [2.45, 2.75) is 19.4 Å². The number of rotatable bonds is 3. The van der Waals surface area contributed by atoms with E-state index in [2.05, 4.69) is 9.72 Å². The summed E-state index contributed by atoms with van der Waals surface area (Å²) in [4.78, 5) is 14.5. The van der Waals surface area contributed by atoms with Gasteiger partial charge >= 0.3 is 5.97 Å². The molecule has 0 saturated carbocycles. The average Bonchev–Trinajstić information content (AvgIpc) is 2.64. The van der Waals surface area contributed by atoms with Gasteiger partial charge in [0.05, 0.1) is 13.5 Å². The molecule has 0 amide bonds. The number of halogens is 1. The summed E-state index contributed by atoms with van der Waals surface area (Å²) in [7, 11) is 1.37. The Bertz CT molecular complexity index is 551. The van der Waals surface area contributed by atoms with Crippen LogP contribution in [-0.4, -0.2) is 18.1 Å². The maximum Gasteiger partial charge on any atom is 0.307 e. The summed E-state index contributed by atoms with van der Waals surface area (Å²) in [6, 6.07) is 7.60. The van der Waals surface area contributed by atoms with Gasteiger partial charge in [-0.05, 0) is 18.6 Å². The minimum atomic E-state index is -0.335. The molecule has 1 heterocycles. The van der Waals surface area contributed by atoms with Gasteiger partial charge in [0, 0.05) is 22.6 Å². The Kier molecular flexibility index (Phi) is 4.76. The number of aryl methyl sites for hydroxylation is 1. The van der Waals surface area contributed by atoms with E-state index in [4.69, 9.17) is 5.73 Å². The van der Waals surface area contributed by atoms with E-state index >= 15 is 0 Å². The molecule has 1 atom stereocenters. The van der Waals surface area contributed by atoms with Crippen LogP contribution >= 0.6 is 12.4 Å². The third kappa shape index (κ3) is 2.66. The molecule has 0 aliphatic carbocycles. The third-order valence-corrected chi connectivity index (χ3v) is 2.93. The number of benzene rings is 1. The van der Waals surface area contributed by atoms with Gasteiger partial charge < -0.3 is 15.5 Å². The number of esters is 1. The molecule has 3 N–H and O–H groups in total. The van der Waals surface area contributed by atoms with Crippen LogP contribution in [0.3, 0.4) is 0 Å². The molecule has 18 heavy (non-hydrogen) atoms. The largest absolute Gasteiger partial charge is 0.469 e. The molecule has 1 aromatic heterocycles. The summed E-state index contributed by atoms with van der Waals surface area (Å²) in [5.41, 5.74) is 9.10. The lowest BCUT2D eigenvalue weighted by atomic mass is 10.0. The highest BCUT2D eigenvalue weighted by Gasteiger charge is 2.18. The lowest BCUT2D eigenvalue weighted by Crippen LogP contribution is -2.16. The molecule has 98 valence electrons. The number of H-pyrrole nitrogens is 1. The number of hydrogen-bond acceptors (Lipinski definition) is 3. The zero-order chi connectivity index (χ0) is 12.4. The second kappa shape index (κ2) is 5.89. The van der Waals surface area contributed by atoms with Crippen LogP contribution in [0.1, 0.15) is 23.7 Å². The zero-order valence-corrected chi connectivity index (χ0v) is 11.2. The van der Waals surface area contributed by atoms with Crippen LogP contribution in [0.4, 0.5) is 0 Å². The third-order valence-electron chi connectivity index (χ3n) is 2.93. The summed E-state index contributed by atoms with van der Waals surface area (Å²) < 4.78 is 4.64. The fourth-order valence-electron chi connectivity index (χ4n) is 2.14. The van der Waals surface area contributed by atoms with Gasteiger partial charge in [0.1, 0.15) is 0 Å². The first-order valence-corrected chi connectivity index (χ1v) is 5.53. The van der Waals surface area contributed by atoms with Gasteiger partial charge in [-0.1, -0.05) is 18.2 Å². The molecule has 0 spiro atoms. The van der Waals surface area contributed by atoms with Crippen LogP contribution in [-0.2, 0) is 9.53 Å². The van der Waals surface area contributed by atoms with Gasteiger partial charge in [-0.3, -0.25) is 4.79 Å². The summed E-state index contributed by atoms with van der Waals surface area (Å²) >= 11 is 0. The molecule has 0 fully saturated rings. The first-order chi connectivity index (χ1) is 8.13. The van der Waals surface area contributed by atoms with E-state index < -0.39 is 0 Å². The molecule has 0 aliphatic heterocycles. The van der Waals surface area contributed by atoms with Crippen LogP contribution < -0.4 is 5.73 Å². The fraction of sp³-hybridized carbons (Fsp3) is 0.308. The molecular formula is C13H17ClN2O2. The van der Waals surface area contributed by atoms with Crippen molar-refractivity contribution in [1.82, 2.24) is 4.98 Å². The van der Waals surface area contributed by atoms with Crippen molar-refractivity contribution in [3.63, 3.8) is 0 Å². The predicted octanol–water partition coefficient (Wildman–Crippen LogP) is 2.46. The molecule has 0 aliphatic rings. The summed E-state index contributed by atoms with van der Waals surface area (Å²) in [6.45, 7) is 1.96. The number of carbonyl (C=O) groups excluding carboxylic acids is 1. The molecule has 5 heteroatoms. The number of nitrogens with one attached hydrogen (secondary N) is 1. The van der Waals surface area contributed by atoms with Crippen molar-refractivity contribution in [3.05, 3.63) is 35.5 Å². The molecule has 0 bridgehead atoms. The van der Waals surface area contributed by atoms with Gasteiger partial charge in [0.25, 0.3) is 0 Å². The summed E-state index contributed by atoms with van der Waals surface area (Å²) in [5, 5.41) is 1.07. The maximum atomic E-state index is 11.3. The zero-order valence-electron chi connectivity index (χ0n) is 10.4. The van der Waals surface area contributed by atoms with E-state index in [-0.39, 0.29) is 30.8 Å². The molecule has 4 nitrogen and oxygen atoms in total. The highest BCUT2D eigenvalue weighted by Crippen LogP contribution is 2.28. The number of methoxy groups -OCH3 is 1. The maximum absolute atomic E-state index is 11.3. The molecular weight excluding hydrogens is 252 g/mol. The van der Waals surface area contributed by atoms with Gasteiger partial charge in [-0.15, -0.1) is 12.4 Å². The lowest BCUT2D eigenvalue weighted by Gasteiger charge is -2.10. The highest BCUT2D eigenvalue weighted by atomic mass is 35.5. The molecule has 0 saturated heterocycles. The van der Waals surface area contributed by atoms with Crippen molar-refractivity contribution in [2.75, 3.05) is 7.11 Å². The topological polar surface area (TPSA) is 68.1 Å². The normalized spacial score (nSPS) is 11.9. The Morgan fingerprint density at radius 1 is 1.44 bits per heavy atom. The van der Waals surface area contributed by atoms with Gasteiger partial charge in [0.2, 0.25) is 0 Å². The first-order valence-electron chi connectivity index (χ1n) is 5.53. The van der Waals surface area contributed by atoms with E-state index in [0.29, 0.717) is 0 Å². The number of aromatic nitrogens is 1. The SMILES string of the molecule is COC(=O)C[C@@H](N)c1c(C)[nH]c2ccccc12.Cl. The number of para-hydroxylation sites is 1. The number of carbonyl (C=O) groups is 1. The number of nitrogens with two attached hydrogens (primary N) is 1. The molecule has 2 aromatic rings. The Morgan fingerprint density at radius 2 is 2.11 bits per heavy atom. The van der Waals surface area contributed by atoms with Gasteiger partial charge in [-0.2, -0.15) is 0 Å². The van der Waals surface area contributed by atoms with Gasteiger partial charge in [0.15, 0.2) is 0 Å². The van der Waals surface area contributed by atoms with Crippen LogP contribution in [0.2, 0.25) is 0 Å². The highest BCUT2D eigenvalue weighted by molar-refractivity contribution is 5.86. The Balaban J connectivity index is 0.00000162. The quantitative estimate of drug-likeness (QED) is 0.841. The number of ether oxygens (including phenoxy) is 1. The van der Waals surface area contributed by atoms with E-state index in [9.17, 15) is 4.79 Å². The molecule has 1 aromatic carbocycles. The average molecular weight is 269 g/mol. The standard InChI is InChI=1S/C13H16N2O2.ClH/c1-8-13(10(14)7-12(16)17-2)9-5-3-4-6-11(9)15-8;/h3-6,10,15H,7,14H2,1-2H3;1H/t10-;/m1./s1. The van der Waals surface area contributed by atoms with Crippen LogP contribution in [0, 0.1) is 6.92 Å². The molecule has 0 radical (unpaired) electrons. The minimum absolute atomic E-state index is 0. The number of aromatic amines is 1. The first kappa shape index (κ1) is 14.5. The van der Waals surface area contributed by atoms with Crippen molar-refractivity contribution in [3.8, 4) is 0 Å². The monoisotopic (exact) mass is 268 g/mol. The van der Waals surface area contributed by atoms with Crippen molar-refractivity contribution < 1.29 is 9.53 Å². The van der Waals surface area contributed by atoms with Crippen molar-refractivity contribution in [1.29, 1.82) is 0 Å². The van der Waals surface area contributed by atoms with E-state index in [1.54, 1.807) is 0 Å². The molecule has 0 unspecified atom stereocenters. The fourth-order valence-corrected chi connectivity index (χ4v) is 2.14. The Morgan fingerprint density at radius 3 is 2.78 bits per heavy atom. The number of hydrogen-bond donors (Lipinski definition) is 2. The van der Waals surface area contributed by atoms with E-state index in [0.717, 1.165) is 22.2 Å². The van der Waals surface area contributed by atoms with E-state index in [1.807, 2.05) is 31.2 Å². The van der Waals surface area contributed by atoms with Crippen molar-refractivity contribution >= 4 is 29.3 Å². The van der Waals surface area contributed by atoms with Crippen LogP contribution in [0.15, 0.2) is 24.3 Å². The number of fused-ring (bicyclic) bond motifs is 1.